The first-order chi connectivity index (χ1) is 21.3. The summed E-state index contributed by atoms with van der Waals surface area (Å²) in [6.45, 7) is 18.0. The van der Waals surface area contributed by atoms with Gasteiger partial charge in [0.25, 0.3) is 0 Å². The lowest BCUT2D eigenvalue weighted by Crippen LogP contribution is -2.65. The fourth-order valence-corrected chi connectivity index (χ4v) is 12.4. The van der Waals surface area contributed by atoms with Gasteiger partial charge in [0.15, 0.2) is 0 Å². The maximum atomic E-state index is 14.3. The van der Waals surface area contributed by atoms with E-state index in [0.29, 0.717) is 30.3 Å². The molecule has 1 heterocycles. The molecule has 1 aromatic carbocycles. The van der Waals surface area contributed by atoms with Crippen LogP contribution in [0.2, 0.25) is 0 Å². The van der Waals surface area contributed by atoms with Gasteiger partial charge in [-0.2, -0.15) is 0 Å². The van der Waals surface area contributed by atoms with Crippen molar-refractivity contribution in [2.75, 3.05) is 12.4 Å². The number of benzene rings is 1. The summed E-state index contributed by atoms with van der Waals surface area (Å²) in [6, 6.07) is 10.2. The molecule has 1 N–H and O–H groups in total. The Labute approximate surface area is 271 Å². The van der Waals surface area contributed by atoms with E-state index in [9.17, 15) is 4.79 Å². The highest BCUT2D eigenvalue weighted by Gasteiger charge is 2.69. The molecule has 0 spiro atoms. The molecule has 5 heteroatoms. The molecule has 5 aliphatic rings. The fourth-order valence-electron chi connectivity index (χ4n) is 12.4. The average molecular weight is 610 g/mol. The Hall–Kier alpha value is -2.69. The molecular weight excluding hydrogens is 554 g/mol. The average Bonchev–Trinajstić information content (AvgIpc) is 3.02. The Bertz CT molecular complexity index is 1520. The molecular formula is C40H55N3O2. The summed E-state index contributed by atoms with van der Waals surface area (Å²) in [5, 5.41) is 3.41. The SMILES string of the molecule is CNc1ncnc2c1C[C@]1(C)[C@H](CC[C@@]3(C)[C@H]1CC=C1[C@@H]4[C@@H](C)[C@@H](C)CC[C@]4(C(=O)OCc4ccccc4)CC[C@]13C)C2(C)C. The number of esters is 1. The number of rotatable bonds is 4. The van der Waals surface area contributed by atoms with E-state index in [0.717, 1.165) is 49.9 Å². The third-order valence-corrected chi connectivity index (χ3v) is 15.1. The fraction of sp³-hybridized carbons (Fsp3) is 0.675. The predicted molar refractivity (Wildman–Crippen MR) is 181 cm³/mol. The number of hydrogen-bond acceptors (Lipinski definition) is 5. The van der Waals surface area contributed by atoms with Gasteiger partial charge in [-0.3, -0.25) is 4.79 Å². The monoisotopic (exact) mass is 609 g/mol. The van der Waals surface area contributed by atoms with E-state index >= 15 is 0 Å². The van der Waals surface area contributed by atoms with Crippen molar-refractivity contribution in [1.29, 1.82) is 0 Å². The van der Waals surface area contributed by atoms with Crippen molar-refractivity contribution in [3.05, 3.63) is 65.1 Å². The molecule has 0 aliphatic heterocycles. The molecule has 0 saturated heterocycles. The second-order valence-electron chi connectivity index (χ2n) is 17.1. The molecule has 242 valence electrons. The van der Waals surface area contributed by atoms with E-state index in [1.165, 1.54) is 24.1 Å². The first-order valence-electron chi connectivity index (χ1n) is 17.8. The summed E-state index contributed by atoms with van der Waals surface area (Å²) < 4.78 is 6.24. The molecule has 7 rings (SSSR count). The molecule has 5 aliphatic carbocycles. The van der Waals surface area contributed by atoms with E-state index < -0.39 is 5.41 Å². The number of fused-ring (bicyclic) bond motifs is 8. The minimum atomic E-state index is -0.416. The van der Waals surface area contributed by atoms with E-state index in [-0.39, 0.29) is 33.5 Å². The minimum absolute atomic E-state index is 0.0132. The van der Waals surface area contributed by atoms with Crippen LogP contribution in [0.1, 0.15) is 110 Å². The molecule has 5 nitrogen and oxygen atoms in total. The smallest absolute Gasteiger partial charge is 0.313 e. The lowest BCUT2D eigenvalue weighted by Gasteiger charge is -2.71. The normalized spacial score (nSPS) is 41.2. The van der Waals surface area contributed by atoms with Gasteiger partial charge in [-0.05, 0) is 103 Å². The number of allylic oxidation sites excluding steroid dienone is 2. The van der Waals surface area contributed by atoms with E-state index in [4.69, 9.17) is 9.72 Å². The zero-order valence-electron chi connectivity index (χ0n) is 29.0. The topological polar surface area (TPSA) is 64.1 Å². The zero-order valence-corrected chi connectivity index (χ0v) is 29.0. The van der Waals surface area contributed by atoms with Gasteiger partial charge < -0.3 is 10.1 Å². The Kier molecular flexibility index (Phi) is 7.15. The van der Waals surface area contributed by atoms with Crippen LogP contribution in [0.4, 0.5) is 5.82 Å². The molecule has 0 unspecified atom stereocenters. The predicted octanol–water partition coefficient (Wildman–Crippen LogP) is 8.93. The largest absolute Gasteiger partial charge is 0.460 e. The van der Waals surface area contributed by atoms with Crippen LogP contribution in [0.15, 0.2) is 48.3 Å². The van der Waals surface area contributed by atoms with Crippen LogP contribution in [-0.4, -0.2) is 23.0 Å². The maximum absolute atomic E-state index is 14.3. The quantitative estimate of drug-likeness (QED) is 0.277. The first kappa shape index (κ1) is 30.9. The Morgan fingerprint density at radius 2 is 1.71 bits per heavy atom. The molecule has 2 aromatic rings. The number of ether oxygens (including phenoxy) is 1. The van der Waals surface area contributed by atoms with E-state index in [1.807, 2.05) is 25.2 Å². The number of nitrogens with zero attached hydrogens (tertiary/aromatic N) is 2. The van der Waals surface area contributed by atoms with Crippen molar-refractivity contribution >= 4 is 11.8 Å². The molecule has 45 heavy (non-hydrogen) atoms. The summed E-state index contributed by atoms with van der Waals surface area (Å²) >= 11 is 0. The first-order valence-corrected chi connectivity index (χ1v) is 17.8. The molecule has 3 saturated carbocycles. The van der Waals surface area contributed by atoms with Crippen LogP contribution in [0.5, 0.6) is 0 Å². The van der Waals surface area contributed by atoms with Crippen molar-refractivity contribution < 1.29 is 9.53 Å². The maximum Gasteiger partial charge on any atom is 0.313 e. The lowest BCUT2D eigenvalue weighted by atomic mass is 9.33. The summed E-state index contributed by atoms with van der Waals surface area (Å²) in [4.78, 5) is 23.9. The summed E-state index contributed by atoms with van der Waals surface area (Å²) in [5.41, 5.74) is 5.16. The van der Waals surface area contributed by atoms with Gasteiger partial charge in [-0.1, -0.05) is 90.4 Å². The van der Waals surface area contributed by atoms with Gasteiger partial charge in [0.2, 0.25) is 0 Å². The highest BCUT2D eigenvalue weighted by atomic mass is 16.5. The Morgan fingerprint density at radius 1 is 0.956 bits per heavy atom. The highest BCUT2D eigenvalue weighted by molar-refractivity contribution is 5.79. The van der Waals surface area contributed by atoms with Crippen LogP contribution in [-0.2, 0) is 28.0 Å². The van der Waals surface area contributed by atoms with Crippen molar-refractivity contribution in [2.24, 2.45) is 51.2 Å². The minimum Gasteiger partial charge on any atom is -0.460 e. The lowest BCUT2D eigenvalue weighted by molar-refractivity contribution is -0.184. The Morgan fingerprint density at radius 3 is 2.44 bits per heavy atom. The standard InChI is InChI=1S/C40H55N3O2/c1-25-16-19-40(35(44)45-23-27-12-10-9-11-13-27)21-20-38(6)29(32(40)26(25)2)14-15-31-37(5)22-28-33(42-24-43-34(28)41-8)36(3,4)30(37)17-18-39(31,38)7/h9-14,24-26,30-32H,15-23H2,1-8H3,(H,41,42,43)/t25-,26-,30+,31-,32-,37+,38+,39-,40-/m0/s1. The van der Waals surface area contributed by atoms with Crippen LogP contribution in [0.3, 0.4) is 0 Å². The van der Waals surface area contributed by atoms with Crippen LogP contribution in [0, 0.1) is 51.2 Å². The highest BCUT2D eigenvalue weighted by Crippen LogP contribution is 2.75. The van der Waals surface area contributed by atoms with Crippen molar-refractivity contribution in [3.8, 4) is 0 Å². The molecule has 9 atom stereocenters. The van der Waals surface area contributed by atoms with E-state index in [2.05, 4.69) is 77.0 Å². The van der Waals surface area contributed by atoms with Gasteiger partial charge in [0.05, 0.1) is 11.1 Å². The third-order valence-electron chi connectivity index (χ3n) is 15.1. The molecule has 0 bridgehead atoms. The number of nitrogens with one attached hydrogen (secondary N) is 1. The summed E-state index contributed by atoms with van der Waals surface area (Å²) in [7, 11) is 2.00. The zero-order chi connectivity index (χ0) is 32.0. The third kappa shape index (κ3) is 4.13. The van der Waals surface area contributed by atoms with Gasteiger partial charge in [0, 0.05) is 18.0 Å². The van der Waals surface area contributed by atoms with Gasteiger partial charge in [0.1, 0.15) is 18.8 Å². The summed E-state index contributed by atoms with van der Waals surface area (Å²) in [5.74, 6) is 3.48. The number of aromatic nitrogens is 2. The molecule has 0 amide bonds. The number of anilines is 1. The van der Waals surface area contributed by atoms with Crippen LogP contribution < -0.4 is 5.32 Å². The van der Waals surface area contributed by atoms with Gasteiger partial charge >= 0.3 is 5.97 Å². The number of carbonyl (C=O) groups excluding carboxylic acids is 1. The van der Waals surface area contributed by atoms with Gasteiger partial charge in [-0.25, -0.2) is 9.97 Å². The number of hydrogen-bond donors (Lipinski definition) is 1. The van der Waals surface area contributed by atoms with Gasteiger partial charge in [-0.15, -0.1) is 0 Å². The second-order valence-corrected chi connectivity index (χ2v) is 17.1. The Balaban J connectivity index is 1.28. The molecule has 0 radical (unpaired) electrons. The second kappa shape index (κ2) is 10.4. The van der Waals surface area contributed by atoms with Crippen LogP contribution in [0.25, 0.3) is 0 Å². The van der Waals surface area contributed by atoms with Crippen molar-refractivity contribution in [1.82, 2.24) is 9.97 Å². The van der Waals surface area contributed by atoms with Crippen molar-refractivity contribution in [2.45, 2.75) is 112 Å². The van der Waals surface area contributed by atoms with E-state index in [1.54, 1.807) is 11.9 Å². The molecule has 3 fully saturated rings. The molecule has 1 aromatic heterocycles. The van der Waals surface area contributed by atoms with Crippen LogP contribution >= 0.6 is 0 Å². The summed E-state index contributed by atoms with van der Waals surface area (Å²) in [6.07, 6.45) is 13.0. The van der Waals surface area contributed by atoms with Crippen molar-refractivity contribution in [3.63, 3.8) is 0 Å². The number of carbonyl (C=O) groups is 1.